The maximum atomic E-state index is 14.5. The molecule has 6 atom stereocenters. The molecular weight excluding hydrogens is 520 g/mol. The Bertz CT molecular complexity index is 1420. The molecule has 3 aliphatic carbocycles. The minimum Gasteiger partial charge on any atom is -0.511 e. The maximum Gasteiger partial charge on any atom is 0.209 e. The molecule has 0 spiro atoms. The van der Waals surface area contributed by atoms with E-state index in [1.807, 2.05) is 74.4 Å². The summed E-state index contributed by atoms with van der Waals surface area (Å²) in [6.07, 6.45) is 0.463. The van der Waals surface area contributed by atoms with Crippen LogP contribution in [0.4, 0.5) is 0 Å². The number of rotatable bonds is 4. The summed E-state index contributed by atoms with van der Waals surface area (Å²) in [7, 11) is 0. The van der Waals surface area contributed by atoms with E-state index in [9.17, 15) is 34.8 Å². The van der Waals surface area contributed by atoms with Crippen LogP contribution in [0.15, 0.2) is 34.8 Å². The molecule has 0 radical (unpaired) electrons. The van der Waals surface area contributed by atoms with Crippen molar-refractivity contribution in [2.75, 3.05) is 0 Å². The first-order valence-electron chi connectivity index (χ1n) is 14.7. The van der Waals surface area contributed by atoms with E-state index >= 15 is 0 Å². The summed E-state index contributed by atoms with van der Waals surface area (Å²) in [6, 6.07) is 3.70. The maximum absolute atomic E-state index is 14.5. The lowest BCUT2D eigenvalue weighted by molar-refractivity contribution is -0.194. The molecule has 1 aromatic carbocycles. The van der Waals surface area contributed by atoms with Gasteiger partial charge >= 0.3 is 0 Å². The van der Waals surface area contributed by atoms with Crippen LogP contribution < -0.4 is 0 Å². The summed E-state index contributed by atoms with van der Waals surface area (Å²) < 4.78 is 0. The van der Waals surface area contributed by atoms with E-state index in [0.717, 1.165) is 6.92 Å². The van der Waals surface area contributed by atoms with Gasteiger partial charge in [0.1, 0.15) is 22.8 Å². The summed E-state index contributed by atoms with van der Waals surface area (Å²) in [5.74, 6) is -5.93. The van der Waals surface area contributed by atoms with Crippen LogP contribution in [0.5, 0.6) is 5.75 Å². The number of phenolic OH excluding ortho intramolecular Hbond substituents is 1. The van der Waals surface area contributed by atoms with E-state index in [4.69, 9.17) is 0 Å². The van der Waals surface area contributed by atoms with Crippen LogP contribution in [0.25, 0.3) is 0 Å². The molecule has 7 heteroatoms. The van der Waals surface area contributed by atoms with Crippen molar-refractivity contribution < 1.29 is 34.8 Å². The smallest absolute Gasteiger partial charge is 0.209 e. The number of Topliss-reactive ketones (excluding diaryl/α,β-unsaturated/α-hetero) is 3. The number of benzene rings is 1. The third-order valence-electron chi connectivity index (χ3n) is 10.7. The van der Waals surface area contributed by atoms with Crippen LogP contribution in [-0.2, 0) is 15.0 Å². The van der Waals surface area contributed by atoms with E-state index < -0.39 is 68.3 Å². The largest absolute Gasteiger partial charge is 0.511 e. The first-order chi connectivity index (χ1) is 18.6. The quantitative estimate of drug-likeness (QED) is 0.307. The summed E-state index contributed by atoms with van der Waals surface area (Å²) >= 11 is 0. The van der Waals surface area contributed by atoms with Gasteiger partial charge in [-0.15, -0.1) is 0 Å². The Labute approximate surface area is 243 Å². The van der Waals surface area contributed by atoms with Crippen LogP contribution in [0.3, 0.4) is 0 Å². The molecule has 224 valence electrons. The van der Waals surface area contributed by atoms with Gasteiger partial charge in [-0.1, -0.05) is 81.4 Å². The van der Waals surface area contributed by atoms with Crippen LogP contribution in [-0.4, -0.2) is 43.4 Å². The fourth-order valence-electron chi connectivity index (χ4n) is 8.71. The average Bonchev–Trinajstić information content (AvgIpc) is 2.82. The molecule has 0 aliphatic heterocycles. The number of hydrogen-bond acceptors (Lipinski definition) is 7. The van der Waals surface area contributed by atoms with Gasteiger partial charge in [0.05, 0.1) is 5.56 Å². The second-order valence-electron chi connectivity index (χ2n) is 14.8. The van der Waals surface area contributed by atoms with E-state index in [1.54, 1.807) is 6.92 Å². The number of aliphatic hydroxyl groups excluding tert-OH is 2. The molecule has 0 bridgehead atoms. The second kappa shape index (κ2) is 9.29. The first-order valence-corrected chi connectivity index (χ1v) is 14.7. The highest BCUT2D eigenvalue weighted by atomic mass is 16.3. The predicted octanol–water partition coefficient (Wildman–Crippen LogP) is 6.48. The molecule has 41 heavy (non-hydrogen) atoms. The van der Waals surface area contributed by atoms with Gasteiger partial charge < -0.3 is 20.4 Å². The summed E-state index contributed by atoms with van der Waals surface area (Å²) in [6.45, 7) is 20.2. The predicted molar refractivity (Wildman–Crippen MR) is 157 cm³/mol. The molecule has 7 nitrogen and oxygen atoms in total. The molecular formula is C34H46O7. The van der Waals surface area contributed by atoms with Gasteiger partial charge in [-0.2, -0.15) is 0 Å². The first kappa shape index (κ1) is 31.0. The third-order valence-corrected chi connectivity index (χ3v) is 10.7. The summed E-state index contributed by atoms with van der Waals surface area (Å²) in [4.78, 5) is 41.4. The van der Waals surface area contributed by atoms with Crippen molar-refractivity contribution in [3.63, 3.8) is 0 Å². The Kier molecular flexibility index (Phi) is 7.02. The minimum absolute atomic E-state index is 0.0583. The minimum atomic E-state index is -2.65. The molecule has 0 aromatic heterocycles. The zero-order valence-electron chi connectivity index (χ0n) is 26.3. The van der Waals surface area contributed by atoms with E-state index in [-0.39, 0.29) is 34.5 Å². The second-order valence-corrected chi connectivity index (χ2v) is 14.8. The average molecular weight is 567 g/mol. The number of carbonyl (C=O) groups is 3. The van der Waals surface area contributed by atoms with Gasteiger partial charge in [0.15, 0.2) is 17.2 Å². The molecule has 4 rings (SSSR count). The number of allylic oxidation sites excluding steroid dienone is 2. The topological polar surface area (TPSA) is 132 Å². The molecule has 1 aromatic rings. The van der Waals surface area contributed by atoms with Crippen molar-refractivity contribution in [2.24, 2.45) is 34.5 Å². The number of ketones is 3. The van der Waals surface area contributed by atoms with Gasteiger partial charge in [-0.25, -0.2) is 0 Å². The SMILES string of the molecule is CC(=O)C1=C(O)C(C(C)C)[C@@]2(C)[C@H](CC(C)C)[C@]3(C)C(=C(O)[C@@]2(O)C1=O)C(=O)c1c(ccc(C(C)(C)C)c1O)[C@H]3C. The summed E-state index contributed by atoms with van der Waals surface area (Å²) in [5, 5.41) is 47.7. The van der Waals surface area contributed by atoms with Crippen molar-refractivity contribution in [2.45, 2.75) is 99.5 Å². The van der Waals surface area contributed by atoms with Gasteiger partial charge in [0, 0.05) is 27.9 Å². The Balaban J connectivity index is 2.22. The number of aromatic hydroxyl groups is 1. The molecule has 0 fully saturated rings. The highest BCUT2D eigenvalue weighted by Crippen LogP contribution is 2.71. The zero-order chi connectivity index (χ0) is 31.4. The Morgan fingerprint density at radius 1 is 1.02 bits per heavy atom. The lowest BCUT2D eigenvalue weighted by Crippen LogP contribution is -2.71. The Hall–Kier alpha value is -2.93. The lowest BCUT2D eigenvalue weighted by Gasteiger charge is -2.65. The molecule has 0 saturated carbocycles. The Morgan fingerprint density at radius 3 is 2.05 bits per heavy atom. The molecule has 0 saturated heterocycles. The highest BCUT2D eigenvalue weighted by Gasteiger charge is 2.75. The molecule has 1 unspecified atom stereocenters. The number of hydrogen-bond donors (Lipinski definition) is 4. The number of phenols is 1. The van der Waals surface area contributed by atoms with Gasteiger partial charge in [-0.05, 0) is 48.0 Å². The lowest BCUT2D eigenvalue weighted by atomic mass is 9.37. The zero-order valence-corrected chi connectivity index (χ0v) is 26.3. The molecule has 0 amide bonds. The molecule has 3 aliphatic rings. The van der Waals surface area contributed by atoms with Crippen LogP contribution in [0.1, 0.15) is 110 Å². The van der Waals surface area contributed by atoms with Crippen molar-refractivity contribution in [1.82, 2.24) is 0 Å². The molecule has 0 heterocycles. The van der Waals surface area contributed by atoms with E-state index in [1.165, 1.54) is 0 Å². The van der Waals surface area contributed by atoms with Crippen molar-refractivity contribution >= 4 is 17.3 Å². The van der Waals surface area contributed by atoms with E-state index in [2.05, 4.69) is 0 Å². The normalized spacial score (nSPS) is 33.8. The van der Waals surface area contributed by atoms with Crippen LogP contribution in [0.2, 0.25) is 0 Å². The van der Waals surface area contributed by atoms with Gasteiger partial charge in [-0.3, -0.25) is 14.4 Å². The fourth-order valence-corrected chi connectivity index (χ4v) is 8.71. The molecule has 4 N–H and O–H groups in total. The Morgan fingerprint density at radius 2 is 1.59 bits per heavy atom. The van der Waals surface area contributed by atoms with Crippen LogP contribution in [0, 0.1) is 34.5 Å². The van der Waals surface area contributed by atoms with E-state index in [0.29, 0.717) is 17.5 Å². The number of aliphatic hydroxyl groups is 3. The third kappa shape index (κ3) is 3.70. The summed E-state index contributed by atoms with van der Waals surface area (Å²) in [5.41, 5.74) is -5.08. The van der Waals surface area contributed by atoms with Gasteiger partial charge in [0.25, 0.3) is 0 Å². The van der Waals surface area contributed by atoms with Crippen molar-refractivity contribution in [1.29, 1.82) is 0 Å². The van der Waals surface area contributed by atoms with Crippen molar-refractivity contribution in [3.8, 4) is 5.75 Å². The van der Waals surface area contributed by atoms with Crippen molar-refractivity contribution in [3.05, 3.63) is 51.5 Å². The monoisotopic (exact) mass is 566 g/mol. The van der Waals surface area contributed by atoms with Crippen LogP contribution >= 0.6 is 0 Å². The number of carbonyl (C=O) groups excluding carboxylic acids is 3. The standard InChI is InChI=1S/C34H46O7/c1-15(2)14-21-32(10)17(5)19-12-13-20(31(7,8)9)26(36)23(19)28(38)25(32)30(40)34(41)29(39)22(18(6)35)27(37)24(16(3)4)33(21,34)11/h12-13,15-17,21,24,36-37,40-41H,14H2,1-11H3/t17-,21-,24?,32-,33-,34+/m1/s1. The number of fused-ring (bicyclic) bond motifs is 3. The van der Waals surface area contributed by atoms with Gasteiger partial charge in [0.2, 0.25) is 5.78 Å². The fraction of sp³-hybridized carbons (Fsp3) is 0.618. The highest BCUT2D eigenvalue weighted by molar-refractivity contribution is 6.25.